The number of nitrogens with one attached hydrogen (secondary N) is 1. The number of aliphatic hydroxyl groups is 1. The van der Waals surface area contributed by atoms with E-state index in [1.807, 2.05) is 0 Å². The second-order valence-corrected chi connectivity index (χ2v) is 2.61. The van der Waals surface area contributed by atoms with Crippen LogP contribution in [0.2, 0.25) is 0 Å². The lowest BCUT2D eigenvalue weighted by molar-refractivity contribution is -0.127. The van der Waals surface area contributed by atoms with Crippen LogP contribution in [0.25, 0.3) is 0 Å². The van der Waals surface area contributed by atoms with Crippen molar-refractivity contribution in [1.82, 2.24) is 5.32 Å². The van der Waals surface area contributed by atoms with Crippen molar-refractivity contribution in [2.45, 2.75) is 18.9 Å². The SMILES string of the molecule is NCCCC(=O)NCC(O)C(N)=O. The lowest BCUT2D eigenvalue weighted by atomic mass is 10.3. The van der Waals surface area contributed by atoms with Gasteiger partial charge in [0.1, 0.15) is 6.10 Å². The minimum atomic E-state index is -1.32. The maximum absolute atomic E-state index is 10.9. The quantitative estimate of drug-likeness (QED) is 0.375. The minimum Gasteiger partial charge on any atom is -0.381 e. The molecule has 0 saturated carbocycles. The van der Waals surface area contributed by atoms with Gasteiger partial charge in [0.15, 0.2) is 0 Å². The average Bonchev–Trinajstić information content (AvgIpc) is 2.10. The first-order valence-electron chi connectivity index (χ1n) is 4.02. The molecule has 0 fully saturated rings. The maximum Gasteiger partial charge on any atom is 0.248 e. The Morgan fingerprint density at radius 3 is 2.54 bits per heavy atom. The normalized spacial score (nSPS) is 12.2. The highest BCUT2D eigenvalue weighted by Crippen LogP contribution is 1.86. The van der Waals surface area contributed by atoms with Gasteiger partial charge < -0.3 is 21.9 Å². The van der Waals surface area contributed by atoms with Crippen molar-refractivity contribution in [3.8, 4) is 0 Å². The topological polar surface area (TPSA) is 118 Å². The van der Waals surface area contributed by atoms with Crippen LogP contribution in [0, 0.1) is 0 Å². The number of nitrogens with two attached hydrogens (primary N) is 2. The highest BCUT2D eigenvalue weighted by molar-refractivity contribution is 5.80. The van der Waals surface area contributed by atoms with Gasteiger partial charge >= 0.3 is 0 Å². The minimum absolute atomic E-state index is 0.140. The van der Waals surface area contributed by atoms with E-state index in [1.165, 1.54) is 0 Å². The number of amides is 2. The van der Waals surface area contributed by atoms with Crippen LogP contribution in [0.3, 0.4) is 0 Å². The average molecular weight is 189 g/mol. The molecule has 0 rings (SSSR count). The van der Waals surface area contributed by atoms with Gasteiger partial charge in [-0.15, -0.1) is 0 Å². The molecule has 0 radical (unpaired) electrons. The molecule has 0 aromatic heterocycles. The molecule has 1 unspecified atom stereocenters. The number of carbonyl (C=O) groups is 2. The zero-order valence-corrected chi connectivity index (χ0v) is 7.32. The number of hydrogen-bond donors (Lipinski definition) is 4. The van der Waals surface area contributed by atoms with E-state index in [2.05, 4.69) is 5.32 Å². The summed E-state index contributed by atoms with van der Waals surface area (Å²) in [5, 5.41) is 11.2. The molecule has 0 spiro atoms. The zero-order chi connectivity index (χ0) is 10.3. The van der Waals surface area contributed by atoms with E-state index < -0.39 is 12.0 Å². The Kier molecular flexibility index (Phi) is 5.82. The Labute approximate surface area is 76.3 Å². The van der Waals surface area contributed by atoms with E-state index in [-0.39, 0.29) is 12.5 Å². The molecule has 13 heavy (non-hydrogen) atoms. The molecule has 2 amide bonds. The van der Waals surface area contributed by atoms with Gasteiger partial charge in [-0.05, 0) is 13.0 Å². The van der Waals surface area contributed by atoms with Crippen LogP contribution in [0.5, 0.6) is 0 Å². The second-order valence-electron chi connectivity index (χ2n) is 2.61. The largest absolute Gasteiger partial charge is 0.381 e. The molecule has 0 aliphatic rings. The fourth-order valence-corrected chi connectivity index (χ4v) is 0.662. The second kappa shape index (κ2) is 6.38. The fraction of sp³-hybridized carbons (Fsp3) is 0.714. The third-order valence-electron chi connectivity index (χ3n) is 1.43. The summed E-state index contributed by atoms with van der Waals surface area (Å²) in [5.74, 6) is -1.09. The third-order valence-corrected chi connectivity index (χ3v) is 1.43. The number of aliphatic hydroxyl groups excluding tert-OH is 1. The molecule has 6 nitrogen and oxygen atoms in total. The smallest absolute Gasteiger partial charge is 0.248 e. The number of hydrogen-bond acceptors (Lipinski definition) is 4. The van der Waals surface area contributed by atoms with E-state index in [1.54, 1.807) is 0 Å². The van der Waals surface area contributed by atoms with Gasteiger partial charge in [-0.3, -0.25) is 9.59 Å². The first kappa shape index (κ1) is 11.9. The van der Waals surface area contributed by atoms with Gasteiger partial charge in [0.2, 0.25) is 11.8 Å². The van der Waals surface area contributed by atoms with Crippen LogP contribution in [0.4, 0.5) is 0 Å². The summed E-state index contributed by atoms with van der Waals surface area (Å²) in [6, 6.07) is 0. The predicted octanol–water partition coefficient (Wildman–Crippen LogP) is -2.31. The van der Waals surface area contributed by atoms with E-state index in [9.17, 15) is 9.59 Å². The van der Waals surface area contributed by atoms with Crippen LogP contribution in [-0.4, -0.2) is 36.1 Å². The lowest BCUT2D eigenvalue weighted by Gasteiger charge is -2.07. The molecule has 0 aromatic rings. The number of carbonyl (C=O) groups excluding carboxylic acids is 2. The molecule has 0 aromatic carbocycles. The summed E-state index contributed by atoms with van der Waals surface area (Å²) < 4.78 is 0. The first-order valence-corrected chi connectivity index (χ1v) is 4.02. The molecule has 0 saturated heterocycles. The van der Waals surface area contributed by atoms with E-state index >= 15 is 0 Å². The lowest BCUT2D eigenvalue weighted by Crippen LogP contribution is -2.40. The van der Waals surface area contributed by atoms with Crippen molar-refractivity contribution in [2.24, 2.45) is 11.5 Å². The van der Waals surface area contributed by atoms with Crippen molar-refractivity contribution < 1.29 is 14.7 Å². The number of rotatable bonds is 6. The van der Waals surface area contributed by atoms with Gasteiger partial charge in [-0.1, -0.05) is 0 Å². The van der Waals surface area contributed by atoms with Crippen molar-refractivity contribution >= 4 is 11.8 Å². The highest BCUT2D eigenvalue weighted by atomic mass is 16.3. The van der Waals surface area contributed by atoms with E-state index in [0.29, 0.717) is 19.4 Å². The maximum atomic E-state index is 10.9. The van der Waals surface area contributed by atoms with Crippen LogP contribution in [0.1, 0.15) is 12.8 Å². The molecule has 0 aliphatic carbocycles. The molecular formula is C7H15N3O3. The summed E-state index contributed by atoms with van der Waals surface area (Å²) in [6.45, 7) is 0.296. The van der Waals surface area contributed by atoms with Gasteiger partial charge in [0.25, 0.3) is 0 Å². The van der Waals surface area contributed by atoms with Gasteiger partial charge in [0.05, 0.1) is 6.54 Å². The molecular weight excluding hydrogens is 174 g/mol. The molecule has 1 atom stereocenters. The summed E-state index contributed by atoms with van der Waals surface area (Å²) in [7, 11) is 0. The van der Waals surface area contributed by atoms with Crippen molar-refractivity contribution in [2.75, 3.05) is 13.1 Å². The Bertz CT molecular complexity index is 184. The highest BCUT2D eigenvalue weighted by Gasteiger charge is 2.11. The van der Waals surface area contributed by atoms with Crippen molar-refractivity contribution in [3.05, 3.63) is 0 Å². The summed E-state index contributed by atoms with van der Waals surface area (Å²) >= 11 is 0. The number of primary amides is 1. The molecule has 6 N–H and O–H groups in total. The van der Waals surface area contributed by atoms with Gasteiger partial charge in [-0.2, -0.15) is 0 Å². The summed E-state index contributed by atoms with van der Waals surface area (Å²) in [4.78, 5) is 21.2. The van der Waals surface area contributed by atoms with Gasteiger partial charge in [0, 0.05) is 6.42 Å². The standard InChI is InChI=1S/C7H15N3O3/c8-3-1-2-6(12)10-4-5(11)7(9)13/h5,11H,1-4,8H2,(H2,9,13)(H,10,12). The fourth-order valence-electron chi connectivity index (χ4n) is 0.662. The van der Waals surface area contributed by atoms with Crippen LogP contribution in [-0.2, 0) is 9.59 Å². The predicted molar refractivity (Wildman–Crippen MR) is 46.5 cm³/mol. The van der Waals surface area contributed by atoms with Gasteiger partial charge in [-0.25, -0.2) is 0 Å². The monoisotopic (exact) mass is 189 g/mol. The Balaban J connectivity index is 3.52. The summed E-state index contributed by atoms with van der Waals surface area (Å²) in [6.07, 6.45) is -0.442. The molecule has 0 bridgehead atoms. The first-order chi connectivity index (χ1) is 6.07. The molecule has 6 heteroatoms. The van der Waals surface area contributed by atoms with Crippen LogP contribution < -0.4 is 16.8 Å². The van der Waals surface area contributed by atoms with Crippen LogP contribution >= 0.6 is 0 Å². The Hall–Kier alpha value is -1.14. The Morgan fingerprint density at radius 1 is 1.46 bits per heavy atom. The zero-order valence-electron chi connectivity index (χ0n) is 7.32. The van der Waals surface area contributed by atoms with Crippen molar-refractivity contribution in [1.29, 1.82) is 0 Å². The third kappa shape index (κ3) is 6.06. The Morgan fingerprint density at radius 2 is 2.08 bits per heavy atom. The van der Waals surface area contributed by atoms with E-state index in [0.717, 1.165) is 0 Å². The molecule has 0 heterocycles. The van der Waals surface area contributed by atoms with E-state index in [4.69, 9.17) is 16.6 Å². The van der Waals surface area contributed by atoms with Crippen molar-refractivity contribution in [3.63, 3.8) is 0 Å². The molecule has 76 valence electrons. The summed E-state index contributed by atoms with van der Waals surface area (Å²) in [5.41, 5.74) is 9.94. The molecule has 0 aliphatic heterocycles. The van der Waals surface area contributed by atoms with Crippen LogP contribution in [0.15, 0.2) is 0 Å².